The number of fused-ring (bicyclic) bond motifs is 2. The zero-order chi connectivity index (χ0) is 32.4. The van der Waals surface area contributed by atoms with E-state index < -0.39 is 24.1 Å². The summed E-state index contributed by atoms with van der Waals surface area (Å²) in [7, 11) is 1.82. The van der Waals surface area contributed by atoms with Gasteiger partial charge >= 0.3 is 6.03 Å². The molecule has 3 aromatic carbocycles. The number of hydrazine groups is 1. The minimum Gasteiger partial charge on any atom is -0.388 e. The number of aromatic nitrogens is 1. The molecule has 0 saturated carbocycles. The third-order valence-corrected chi connectivity index (χ3v) is 9.09. The molecule has 1 aromatic heterocycles. The van der Waals surface area contributed by atoms with Crippen molar-refractivity contribution in [2.75, 3.05) is 37.7 Å². The number of nitriles is 1. The van der Waals surface area contributed by atoms with Gasteiger partial charge in [-0.25, -0.2) is 19.2 Å². The highest BCUT2D eigenvalue weighted by atomic mass is 32.1. The first kappa shape index (κ1) is 30.8. The number of piperazine rings is 1. The molecule has 0 radical (unpaired) electrons. The second kappa shape index (κ2) is 13.0. The van der Waals surface area contributed by atoms with Crippen molar-refractivity contribution in [3.05, 3.63) is 89.2 Å². The van der Waals surface area contributed by atoms with Crippen LogP contribution in [0.2, 0.25) is 0 Å². The molecule has 6 rings (SSSR count). The number of para-hydroxylation sites is 1. The average Bonchev–Trinajstić information content (AvgIpc) is 3.60. The van der Waals surface area contributed by atoms with E-state index in [2.05, 4.69) is 15.6 Å². The lowest BCUT2D eigenvalue weighted by molar-refractivity contribution is -0.157. The highest BCUT2D eigenvalue weighted by Gasteiger charge is 2.52. The molecular formula is C32H32FN9O3S. The molecule has 12 nitrogen and oxygen atoms in total. The largest absolute Gasteiger partial charge is 0.388 e. The summed E-state index contributed by atoms with van der Waals surface area (Å²) in [6.45, 7) is -0.105. The van der Waals surface area contributed by atoms with Crippen molar-refractivity contribution in [2.45, 2.75) is 31.7 Å². The second-order valence-corrected chi connectivity index (χ2v) is 12.1. The number of hydrogen-bond acceptors (Lipinski definition) is 9. The number of anilines is 2. The maximum atomic E-state index is 14.2. The summed E-state index contributed by atoms with van der Waals surface area (Å²) in [5.41, 5.74) is 9.97. The van der Waals surface area contributed by atoms with Crippen LogP contribution in [0, 0.1) is 17.1 Å². The van der Waals surface area contributed by atoms with Crippen LogP contribution in [0.3, 0.4) is 0 Å². The van der Waals surface area contributed by atoms with Crippen LogP contribution in [0.15, 0.2) is 66.7 Å². The van der Waals surface area contributed by atoms with Gasteiger partial charge in [-0.15, -0.1) is 0 Å². The Morgan fingerprint density at radius 1 is 1.13 bits per heavy atom. The Morgan fingerprint density at radius 3 is 2.59 bits per heavy atom. The zero-order valence-corrected chi connectivity index (χ0v) is 25.8. The van der Waals surface area contributed by atoms with Crippen molar-refractivity contribution in [3.8, 4) is 6.07 Å². The number of benzene rings is 3. The van der Waals surface area contributed by atoms with Crippen molar-refractivity contribution >= 4 is 50.2 Å². The van der Waals surface area contributed by atoms with Gasteiger partial charge in [0, 0.05) is 32.2 Å². The summed E-state index contributed by atoms with van der Waals surface area (Å²) in [5.74, 6) is -0.939. The number of nitrogen functional groups attached to an aromatic ring is 1. The van der Waals surface area contributed by atoms with Gasteiger partial charge in [-0.05, 0) is 47.0 Å². The fourth-order valence-electron chi connectivity index (χ4n) is 5.99. The Balaban J connectivity index is 1.31. The molecule has 2 atom stereocenters. The molecule has 0 bridgehead atoms. The maximum absolute atomic E-state index is 14.2. The van der Waals surface area contributed by atoms with Crippen molar-refractivity contribution < 1.29 is 18.8 Å². The van der Waals surface area contributed by atoms with Crippen molar-refractivity contribution in [1.29, 1.82) is 5.26 Å². The summed E-state index contributed by atoms with van der Waals surface area (Å²) in [6.07, 6.45) is -0.449. The quantitative estimate of drug-likeness (QED) is 0.236. The molecular weight excluding hydrogens is 609 g/mol. The molecule has 14 heteroatoms. The first-order chi connectivity index (χ1) is 22.2. The predicted molar refractivity (Wildman–Crippen MR) is 171 cm³/mol. The monoisotopic (exact) mass is 641 g/mol. The van der Waals surface area contributed by atoms with Gasteiger partial charge in [-0.2, -0.15) is 10.3 Å². The number of amides is 4. The highest BCUT2D eigenvalue weighted by Crippen LogP contribution is 2.32. The number of nitrogens with one attached hydrogen (secondary N) is 2. The number of hydrogen-bond donors (Lipinski definition) is 3. The van der Waals surface area contributed by atoms with E-state index in [4.69, 9.17) is 5.73 Å². The fourth-order valence-corrected chi connectivity index (χ4v) is 6.78. The van der Waals surface area contributed by atoms with Gasteiger partial charge in [0.15, 0.2) is 5.13 Å². The van der Waals surface area contributed by atoms with Crippen LogP contribution >= 0.6 is 11.3 Å². The molecule has 2 aliphatic rings. The second-order valence-electron chi connectivity index (χ2n) is 11.1. The number of halogens is 1. The predicted octanol–water partition coefficient (Wildman–Crippen LogP) is 3.13. The molecule has 2 saturated heterocycles. The molecule has 4 aromatic rings. The number of rotatable bonds is 9. The molecule has 2 aliphatic heterocycles. The maximum Gasteiger partial charge on any atom is 0.333 e. The van der Waals surface area contributed by atoms with Gasteiger partial charge in [-0.3, -0.25) is 9.59 Å². The molecule has 46 heavy (non-hydrogen) atoms. The fraction of sp³-hybridized carbons (Fsp3) is 0.281. The van der Waals surface area contributed by atoms with Crippen LogP contribution in [0.1, 0.15) is 16.7 Å². The summed E-state index contributed by atoms with van der Waals surface area (Å²) in [4.78, 5) is 49.0. The minimum absolute atomic E-state index is 0.0911. The van der Waals surface area contributed by atoms with E-state index in [1.54, 1.807) is 26.9 Å². The van der Waals surface area contributed by atoms with Gasteiger partial charge in [0.1, 0.15) is 24.6 Å². The van der Waals surface area contributed by atoms with E-state index in [0.29, 0.717) is 16.2 Å². The standard InChI is InChI=1S/C32H32FN9O3S/c1-36-24-11-7-20(8-12-24)15-25-30(44)39(17-22-3-2-4-26-29(22)38-31(35)46-26)18-27-41(19-28(43)42(25)27)40(14-13-34)32(45)37-16-21-5-9-23(33)10-6-21/h2-12,25,27,36H,14-19H2,1H3,(H2,35,38)(H,37,45)/t25-,27+/m0/s1. The molecule has 4 N–H and O–H groups in total. The van der Waals surface area contributed by atoms with Gasteiger partial charge in [0.2, 0.25) is 11.8 Å². The number of carbonyl (C=O) groups excluding carboxylic acids is 3. The lowest BCUT2D eigenvalue weighted by Crippen LogP contribution is -2.66. The van der Waals surface area contributed by atoms with E-state index >= 15 is 0 Å². The lowest BCUT2D eigenvalue weighted by atomic mass is 9.99. The van der Waals surface area contributed by atoms with Gasteiger partial charge in [0.05, 0.1) is 29.4 Å². The average molecular weight is 642 g/mol. The highest BCUT2D eigenvalue weighted by molar-refractivity contribution is 7.22. The van der Waals surface area contributed by atoms with Crippen LogP contribution in [0.25, 0.3) is 10.2 Å². The van der Waals surface area contributed by atoms with E-state index in [-0.39, 0.29) is 51.0 Å². The van der Waals surface area contributed by atoms with Crippen molar-refractivity contribution in [3.63, 3.8) is 0 Å². The van der Waals surface area contributed by atoms with E-state index in [1.165, 1.54) is 28.5 Å². The number of nitrogens with two attached hydrogens (primary N) is 1. The smallest absolute Gasteiger partial charge is 0.333 e. The van der Waals surface area contributed by atoms with Gasteiger partial charge < -0.3 is 26.2 Å². The van der Waals surface area contributed by atoms with Crippen LogP contribution < -0.4 is 16.4 Å². The molecule has 0 unspecified atom stereocenters. The third-order valence-electron chi connectivity index (χ3n) is 8.24. The van der Waals surface area contributed by atoms with Crippen LogP contribution in [0.4, 0.5) is 20.0 Å². The normalized spacial score (nSPS) is 18.0. The first-order valence-corrected chi connectivity index (χ1v) is 15.5. The Morgan fingerprint density at radius 2 is 1.87 bits per heavy atom. The summed E-state index contributed by atoms with van der Waals surface area (Å²) >= 11 is 1.36. The zero-order valence-electron chi connectivity index (χ0n) is 25.0. The number of nitrogens with zero attached hydrogens (tertiary/aromatic N) is 6. The van der Waals surface area contributed by atoms with E-state index in [9.17, 15) is 24.0 Å². The van der Waals surface area contributed by atoms with Gasteiger partial charge in [0.25, 0.3) is 0 Å². The molecule has 2 fully saturated rings. The minimum atomic E-state index is -0.845. The van der Waals surface area contributed by atoms with Crippen molar-refractivity contribution in [2.24, 2.45) is 0 Å². The molecule has 0 spiro atoms. The Hall–Kier alpha value is -5.26. The lowest BCUT2D eigenvalue weighted by Gasteiger charge is -2.46. The third kappa shape index (κ3) is 6.15. The first-order valence-electron chi connectivity index (χ1n) is 14.7. The molecule has 0 aliphatic carbocycles. The summed E-state index contributed by atoms with van der Waals surface area (Å²) < 4.78 is 14.3. The van der Waals surface area contributed by atoms with Crippen LogP contribution in [0.5, 0.6) is 0 Å². The van der Waals surface area contributed by atoms with E-state index in [0.717, 1.165) is 21.5 Å². The molecule has 236 valence electrons. The number of carbonyl (C=O) groups is 3. The van der Waals surface area contributed by atoms with Crippen LogP contribution in [-0.4, -0.2) is 81.5 Å². The Labute approximate surface area is 268 Å². The number of urea groups is 1. The SMILES string of the molecule is CNc1ccc(C[C@H]2C(=O)N(Cc3cccc4sc(N)nc34)C[C@H]3N2C(=O)CN3N(CC#N)C(=O)NCc2ccc(F)cc2)cc1. The van der Waals surface area contributed by atoms with Gasteiger partial charge in [-0.1, -0.05) is 47.7 Å². The van der Waals surface area contributed by atoms with Crippen LogP contribution in [-0.2, 0) is 29.1 Å². The summed E-state index contributed by atoms with van der Waals surface area (Å²) in [6, 6.07) is 19.6. The molecule has 3 heterocycles. The summed E-state index contributed by atoms with van der Waals surface area (Å²) in [5, 5.41) is 18.7. The Kier molecular flexibility index (Phi) is 8.69. The van der Waals surface area contributed by atoms with Crippen molar-refractivity contribution in [1.82, 2.24) is 30.1 Å². The Bertz CT molecular complexity index is 1810. The number of thiazole rings is 1. The van der Waals surface area contributed by atoms with E-state index in [1.807, 2.05) is 55.6 Å². The molecule has 4 amide bonds. The topological polar surface area (TPSA) is 151 Å².